The first kappa shape index (κ1) is 33.7. The van der Waals surface area contributed by atoms with Crippen LogP contribution >= 0.6 is 0 Å². The second-order valence-corrected chi connectivity index (χ2v) is 12.4. The van der Waals surface area contributed by atoms with Crippen molar-refractivity contribution in [2.75, 3.05) is 0 Å². The van der Waals surface area contributed by atoms with Gasteiger partial charge in [0.05, 0.1) is 33.0 Å². The third-order valence-electron chi connectivity index (χ3n) is 8.91. The fraction of sp³-hybridized carbons (Fsp3) is 0.286. The van der Waals surface area contributed by atoms with Gasteiger partial charge in [-0.3, -0.25) is 0 Å². The van der Waals surface area contributed by atoms with Crippen LogP contribution in [0, 0.1) is 0 Å². The molecule has 6 nitrogen and oxygen atoms in total. The van der Waals surface area contributed by atoms with Crippen molar-refractivity contribution in [3.05, 3.63) is 179 Å². The molecular weight excluding hydrogens is 600 g/mol. The Hall–Kier alpha value is -4.14. The van der Waals surface area contributed by atoms with Gasteiger partial charge < -0.3 is 28.8 Å². The Bertz CT molecular complexity index is 1620. The minimum absolute atomic E-state index is 0.277. The van der Waals surface area contributed by atoms with Crippen molar-refractivity contribution in [3.8, 4) is 0 Å². The van der Waals surface area contributed by atoms with Gasteiger partial charge in [-0.25, -0.2) is 0 Å². The molecule has 1 fully saturated rings. The predicted octanol–water partition coefficient (Wildman–Crippen LogP) is 7.68. The SMILES string of the molecule is C[C@]1(OCc2ccccc2)[C@H](OCc2ccccc2)[C@@H](OCc2ccccc2)[C@H](OCc2ccccc2)[C@H](O)[C@@H]1OCc1ccccc1. The molecule has 0 amide bonds. The first-order chi connectivity index (χ1) is 23.6. The number of aliphatic hydroxyl groups excluding tert-OH is 1. The lowest BCUT2D eigenvalue weighted by Gasteiger charge is -2.54. The van der Waals surface area contributed by atoms with Crippen molar-refractivity contribution in [2.24, 2.45) is 0 Å². The van der Waals surface area contributed by atoms with Crippen LogP contribution in [-0.4, -0.2) is 41.2 Å². The number of hydrogen-bond acceptors (Lipinski definition) is 6. The average molecular weight is 645 g/mol. The molecule has 0 aromatic heterocycles. The molecule has 0 bridgehead atoms. The molecule has 5 aromatic rings. The Kier molecular flexibility index (Phi) is 11.8. The zero-order chi connectivity index (χ0) is 33.0. The minimum atomic E-state index is -1.15. The summed E-state index contributed by atoms with van der Waals surface area (Å²) in [4.78, 5) is 0. The molecule has 48 heavy (non-hydrogen) atoms. The fourth-order valence-corrected chi connectivity index (χ4v) is 6.30. The summed E-state index contributed by atoms with van der Waals surface area (Å²) >= 11 is 0. The molecule has 1 saturated carbocycles. The van der Waals surface area contributed by atoms with Crippen molar-refractivity contribution >= 4 is 0 Å². The zero-order valence-corrected chi connectivity index (χ0v) is 27.3. The number of benzene rings is 5. The van der Waals surface area contributed by atoms with Crippen LogP contribution in [0.25, 0.3) is 0 Å². The molecule has 0 heterocycles. The van der Waals surface area contributed by atoms with E-state index in [0.29, 0.717) is 19.8 Å². The smallest absolute Gasteiger partial charge is 0.123 e. The summed E-state index contributed by atoms with van der Waals surface area (Å²) in [6.07, 6.45) is -4.10. The van der Waals surface area contributed by atoms with E-state index in [1.54, 1.807) is 0 Å². The van der Waals surface area contributed by atoms with Gasteiger partial charge in [-0.15, -0.1) is 0 Å². The maximum absolute atomic E-state index is 12.3. The molecule has 1 aliphatic carbocycles. The van der Waals surface area contributed by atoms with Crippen LogP contribution in [0.5, 0.6) is 0 Å². The lowest BCUT2D eigenvalue weighted by Crippen LogP contribution is -2.72. The molecule has 0 aliphatic heterocycles. The molecule has 1 aliphatic rings. The summed E-state index contributed by atoms with van der Waals surface area (Å²) in [6.45, 7) is 3.44. The molecule has 5 aromatic carbocycles. The normalized spacial score (nSPS) is 23.9. The summed E-state index contributed by atoms with van der Waals surface area (Å²) in [5, 5.41) is 12.3. The Labute approximate surface area is 283 Å². The summed E-state index contributed by atoms with van der Waals surface area (Å²) < 4.78 is 33.8. The highest BCUT2D eigenvalue weighted by Gasteiger charge is 2.60. The highest BCUT2D eigenvalue weighted by Crippen LogP contribution is 2.41. The molecule has 0 spiro atoms. The molecule has 6 rings (SSSR count). The van der Waals surface area contributed by atoms with Gasteiger partial charge in [0.15, 0.2) is 0 Å². The highest BCUT2D eigenvalue weighted by molar-refractivity contribution is 5.20. The van der Waals surface area contributed by atoms with Crippen molar-refractivity contribution in [3.63, 3.8) is 0 Å². The summed E-state index contributed by atoms with van der Waals surface area (Å²) in [5.74, 6) is 0. The lowest BCUT2D eigenvalue weighted by atomic mass is 9.75. The second kappa shape index (κ2) is 16.8. The van der Waals surface area contributed by atoms with Gasteiger partial charge in [0, 0.05) is 0 Å². The Morgan fingerprint density at radius 2 is 0.729 bits per heavy atom. The lowest BCUT2D eigenvalue weighted by molar-refractivity contribution is -0.317. The molecule has 0 unspecified atom stereocenters. The minimum Gasteiger partial charge on any atom is -0.387 e. The Morgan fingerprint density at radius 3 is 1.12 bits per heavy atom. The number of aliphatic hydroxyl groups is 1. The van der Waals surface area contributed by atoms with E-state index >= 15 is 0 Å². The van der Waals surface area contributed by atoms with E-state index in [2.05, 4.69) is 0 Å². The number of ether oxygens (including phenoxy) is 5. The summed E-state index contributed by atoms with van der Waals surface area (Å²) in [5.41, 5.74) is 3.85. The maximum Gasteiger partial charge on any atom is 0.123 e. The first-order valence-electron chi connectivity index (χ1n) is 16.6. The second-order valence-electron chi connectivity index (χ2n) is 12.4. The molecule has 0 radical (unpaired) electrons. The number of rotatable bonds is 15. The van der Waals surface area contributed by atoms with Gasteiger partial charge in [0.1, 0.15) is 36.1 Å². The fourth-order valence-electron chi connectivity index (χ4n) is 6.30. The van der Waals surface area contributed by atoms with E-state index in [0.717, 1.165) is 27.8 Å². The Morgan fingerprint density at radius 1 is 0.417 bits per heavy atom. The largest absolute Gasteiger partial charge is 0.387 e. The van der Waals surface area contributed by atoms with E-state index in [1.165, 1.54) is 0 Å². The molecule has 6 atom stereocenters. The molecule has 0 saturated heterocycles. The van der Waals surface area contributed by atoms with Crippen LogP contribution in [0.15, 0.2) is 152 Å². The number of hydrogen-bond donors (Lipinski definition) is 1. The molecule has 248 valence electrons. The van der Waals surface area contributed by atoms with E-state index < -0.39 is 36.1 Å². The van der Waals surface area contributed by atoms with Gasteiger partial charge >= 0.3 is 0 Å². The van der Waals surface area contributed by atoms with Crippen LogP contribution in [-0.2, 0) is 56.7 Å². The van der Waals surface area contributed by atoms with Crippen LogP contribution in [0.1, 0.15) is 34.7 Å². The molecular formula is C42H44O6. The summed E-state index contributed by atoms with van der Waals surface area (Å²) in [6, 6.07) is 50.0. The van der Waals surface area contributed by atoms with E-state index in [9.17, 15) is 5.11 Å². The Balaban J connectivity index is 1.38. The van der Waals surface area contributed by atoms with E-state index in [1.807, 2.05) is 159 Å². The van der Waals surface area contributed by atoms with E-state index in [-0.39, 0.29) is 13.2 Å². The third-order valence-corrected chi connectivity index (χ3v) is 8.91. The van der Waals surface area contributed by atoms with Gasteiger partial charge in [0.25, 0.3) is 0 Å². The van der Waals surface area contributed by atoms with Gasteiger partial charge in [-0.1, -0.05) is 152 Å². The van der Waals surface area contributed by atoms with Gasteiger partial charge in [-0.2, -0.15) is 0 Å². The van der Waals surface area contributed by atoms with Gasteiger partial charge in [-0.05, 0) is 34.7 Å². The third kappa shape index (κ3) is 8.65. The monoisotopic (exact) mass is 644 g/mol. The topological polar surface area (TPSA) is 66.4 Å². The van der Waals surface area contributed by atoms with Crippen LogP contribution < -0.4 is 0 Å². The van der Waals surface area contributed by atoms with Gasteiger partial charge in [0.2, 0.25) is 0 Å². The van der Waals surface area contributed by atoms with E-state index in [4.69, 9.17) is 23.7 Å². The molecule has 1 N–H and O–H groups in total. The first-order valence-corrected chi connectivity index (χ1v) is 16.6. The predicted molar refractivity (Wildman–Crippen MR) is 186 cm³/mol. The van der Waals surface area contributed by atoms with Crippen LogP contribution in [0.4, 0.5) is 0 Å². The summed E-state index contributed by atoms with van der Waals surface area (Å²) in [7, 11) is 0. The van der Waals surface area contributed by atoms with Crippen LogP contribution in [0.2, 0.25) is 0 Å². The quantitative estimate of drug-likeness (QED) is 0.126. The van der Waals surface area contributed by atoms with Crippen molar-refractivity contribution in [2.45, 2.75) is 76.1 Å². The zero-order valence-electron chi connectivity index (χ0n) is 27.3. The average Bonchev–Trinajstić information content (AvgIpc) is 3.14. The highest BCUT2D eigenvalue weighted by atomic mass is 16.6. The van der Waals surface area contributed by atoms with Crippen molar-refractivity contribution < 1.29 is 28.8 Å². The van der Waals surface area contributed by atoms with Crippen LogP contribution in [0.3, 0.4) is 0 Å². The molecule has 6 heteroatoms. The van der Waals surface area contributed by atoms with Crippen molar-refractivity contribution in [1.29, 1.82) is 0 Å². The maximum atomic E-state index is 12.3. The standard InChI is InChI=1S/C42H44O6/c1-42(48-31-36-25-15-6-16-26-36)40(46-29-34-21-11-4-12-22-34)37(43)38(44-27-32-17-7-2-8-18-32)39(45-28-33-19-9-3-10-20-33)41(42)47-30-35-23-13-5-14-24-35/h2-26,37-41,43H,27-31H2,1H3/t37-,38+,39-,40-,41+,42+/m0/s1. The van der Waals surface area contributed by atoms with Crippen molar-refractivity contribution in [1.82, 2.24) is 0 Å².